The largest absolute Gasteiger partial charge is 0.348 e. The van der Waals surface area contributed by atoms with Gasteiger partial charge < -0.3 is 4.57 Å². The van der Waals surface area contributed by atoms with Crippen LogP contribution in [-0.4, -0.2) is 4.57 Å². The molecule has 0 saturated heterocycles. The smallest absolute Gasteiger partial charge is 0.0648 e. The van der Waals surface area contributed by atoms with Crippen molar-refractivity contribution >= 4 is 10.9 Å². The molecule has 2 aromatic rings. The molecule has 0 spiro atoms. The molecule has 0 unspecified atom stereocenters. The Kier molecular flexibility index (Phi) is 1.25. The highest BCUT2D eigenvalue weighted by molar-refractivity contribution is 5.84. The van der Waals surface area contributed by atoms with Crippen LogP contribution in [0.3, 0.4) is 0 Å². The van der Waals surface area contributed by atoms with Crippen molar-refractivity contribution in [2.75, 3.05) is 0 Å². The molecule has 2 rings (SSSR count). The van der Waals surface area contributed by atoms with Gasteiger partial charge in [0.2, 0.25) is 0 Å². The van der Waals surface area contributed by atoms with Crippen LogP contribution in [0.5, 0.6) is 0 Å². The molecule has 1 nitrogen and oxygen atoms in total. The Morgan fingerprint density at radius 3 is 2.75 bits per heavy atom. The number of nitrogens with zero attached hydrogens (tertiary/aromatic N) is 1. The highest BCUT2D eigenvalue weighted by Gasteiger charge is 2.02. The van der Waals surface area contributed by atoms with Crippen LogP contribution >= 0.6 is 0 Å². The normalized spacial score (nSPS) is 12.1. The zero-order valence-electron chi connectivity index (χ0n) is 8.68. The summed E-state index contributed by atoms with van der Waals surface area (Å²) >= 11 is 0. The summed E-state index contributed by atoms with van der Waals surface area (Å²) in [4.78, 5) is 0. The fourth-order valence-electron chi connectivity index (χ4n) is 1.54. The van der Waals surface area contributed by atoms with Crippen LogP contribution in [0.1, 0.15) is 12.6 Å². The van der Waals surface area contributed by atoms with Gasteiger partial charge in [-0.25, -0.2) is 0 Å². The second-order valence-electron chi connectivity index (χ2n) is 3.24. The summed E-state index contributed by atoms with van der Waals surface area (Å²) < 4.78 is 10.0. The van der Waals surface area contributed by atoms with Gasteiger partial charge in [-0.15, -0.1) is 0 Å². The Labute approximate surface area is 74.0 Å². The predicted molar refractivity (Wildman–Crippen MR) is 52.4 cm³/mol. The summed E-state index contributed by atoms with van der Waals surface area (Å²) in [5.74, 6) is 0. The number of benzene rings is 1. The second kappa shape index (κ2) is 2.37. The van der Waals surface area contributed by atoms with Crippen molar-refractivity contribution in [1.82, 2.24) is 4.57 Å². The molecule has 1 aromatic carbocycles. The van der Waals surface area contributed by atoms with Gasteiger partial charge in [-0.05, 0) is 31.5 Å². The molecule has 62 valence electrons. The van der Waals surface area contributed by atoms with Gasteiger partial charge in [0.05, 0.1) is 1.37 Å². The molecule has 0 N–H and O–H groups in total. The Balaban J connectivity index is 3.03. The molecule has 0 amide bonds. The van der Waals surface area contributed by atoms with E-state index >= 15 is 0 Å². The first-order chi connectivity index (χ1) is 6.13. The molecule has 0 fully saturated rings. The van der Waals surface area contributed by atoms with E-state index in [2.05, 4.69) is 23.6 Å². The zero-order chi connectivity index (χ0) is 9.59. The first-order valence-electron chi connectivity index (χ1n) is 4.64. The molecule has 0 saturated carbocycles. The minimum atomic E-state index is 0.663. The molecule has 1 heterocycles. The predicted octanol–water partition coefficient (Wildman–Crippen LogP) is 2.80. The molecule has 0 aliphatic heterocycles. The van der Waals surface area contributed by atoms with Gasteiger partial charge in [-0.2, -0.15) is 0 Å². The third-order valence-corrected chi connectivity index (χ3v) is 2.42. The first-order valence-corrected chi connectivity index (χ1v) is 4.14. The Hall–Kier alpha value is -1.24. The second-order valence-corrected chi connectivity index (χ2v) is 3.24. The molecule has 0 radical (unpaired) electrons. The third kappa shape index (κ3) is 0.860. The number of aryl methyl sites for hydroxylation is 2. The van der Waals surface area contributed by atoms with Gasteiger partial charge in [0.25, 0.3) is 0 Å². The molecule has 0 atom stereocenters. The number of hydrogen-bond donors (Lipinski definition) is 0. The van der Waals surface area contributed by atoms with E-state index in [1.54, 1.807) is 0 Å². The highest BCUT2D eigenvalue weighted by Crippen LogP contribution is 2.20. The average Bonchev–Trinajstić information content (AvgIpc) is 2.33. The fraction of sp³-hybridized carbons (Fsp3) is 0.273. The lowest BCUT2D eigenvalue weighted by molar-refractivity contribution is 0.918. The molecule has 0 bridgehead atoms. The van der Waals surface area contributed by atoms with Crippen LogP contribution < -0.4 is 0 Å². The summed E-state index contributed by atoms with van der Waals surface area (Å²) in [6.45, 7) is 4.04. The highest BCUT2D eigenvalue weighted by atomic mass is 14.9. The van der Waals surface area contributed by atoms with Crippen LogP contribution in [0.25, 0.3) is 10.9 Å². The summed E-state index contributed by atoms with van der Waals surface area (Å²) in [5.41, 5.74) is 3.37. The lowest BCUT2D eigenvalue weighted by atomic mass is 10.1. The van der Waals surface area contributed by atoms with Crippen LogP contribution in [0.4, 0.5) is 0 Å². The van der Waals surface area contributed by atoms with Gasteiger partial charge in [-0.3, -0.25) is 0 Å². The van der Waals surface area contributed by atoms with E-state index in [4.69, 9.17) is 1.37 Å². The Bertz CT molecular complexity index is 468. The van der Waals surface area contributed by atoms with Gasteiger partial charge in [0, 0.05) is 23.6 Å². The van der Waals surface area contributed by atoms with E-state index in [-0.39, 0.29) is 0 Å². The van der Waals surface area contributed by atoms with Gasteiger partial charge in [-0.1, -0.05) is 12.1 Å². The van der Waals surface area contributed by atoms with Crippen LogP contribution in [-0.2, 0) is 7.05 Å². The summed E-state index contributed by atoms with van der Waals surface area (Å²) in [6.07, 6.45) is 0. The maximum atomic E-state index is 7.93. The SMILES string of the molecule is [3H]c1c(C)n(C)c2cccc(C)c12. The Morgan fingerprint density at radius 2 is 2.08 bits per heavy atom. The van der Waals surface area contributed by atoms with Crippen LogP contribution in [0.2, 0.25) is 0 Å². The number of fused-ring (bicyclic) bond motifs is 1. The number of rotatable bonds is 0. The van der Waals surface area contributed by atoms with Gasteiger partial charge in [0.1, 0.15) is 0 Å². The zero-order valence-corrected chi connectivity index (χ0v) is 7.68. The fourth-order valence-corrected chi connectivity index (χ4v) is 1.54. The molecule has 1 heteroatoms. The molecule has 12 heavy (non-hydrogen) atoms. The molecule has 0 aliphatic carbocycles. The topological polar surface area (TPSA) is 4.93 Å². The lowest BCUT2D eigenvalue weighted by Gasteiger charge is -1.98. The molecular formula is C11H13N. The van der Waals surface area contributed by atoms with Crippen molar-refractivity contribution in [3.05, 3.63) is 35.5 Å². The molecule has 0 aliphatic rings. The van der Waals surface area contributed by atoms with E-state index in [0.717, 1.165) is 16.6 Å². The number of hydrogen-bond acceptors (Lipinski definition) is 0. The van der Waals surface area contributed by atoms with Crippen molar-refractivity contribution in [1.29, 1.82) is 0 Å². The van der Waals surface area contributed by atoms with Crippen molar-refractivity contribution in [3.8, 4) is 0 Å². The van der Waals surface area contributed by atoms with Crippen LogP contribution in [0, 0.1) is 13.8 Å². The van der Waals surface area contributed by atoms with E-state index in [1.165, 1.54) is 5.56 Å². The monoisotopic (exact) mass is 161 g/mol. The molecule has 1 aromatic heterocycles. The first kappa shape index (κ1) is 6.30. The summed E-state index contributed by atoms with van der Waals surface area (Å²) in [6, 6.07) is 6.82. The van der Waals surface area contributed by atoms with Gasteiger partial charge >= 0.3 is 0 Å². The van der Waals surface area contributed by atoms with Gasteiger partial charge in [0.15, 0.2) is 0 Å². The van der Waals surface area contributed by atoms with E-state index in [1.807, 2.05) is 20.0 Å². The van der Waals surface area contributed by atoms with Crippen molar-refractivity contribution in [2.45, 2.75) is 13.8 Å². The minimum Gasteiger partial charge on any atom is -0.348 e. The Morgan fingerprint density at radius 1 is 1.33 bits per heavy atom. The van der Waals surface area contributed by atoms with Crippen LogP contribution in [0.15, 0.2) is 24.2 Å². The lowest BCUT2D eigenvalue weighted by Crippen LogP contribution is -1.88. The number of aromatic nitrogens is 1. The molecular weight excluding hydrogens is 146 g/mol. The maximum absolute atomic E-state index is 7.93. The van der Waals surface area contributed by atoms with Crippen molar-refractivity contribution < 1.29 is 1.37 Å². The maximum Gasteiger partial charge on any atom is 0.0648 e. The van der Waals surface area contributed by atoms with E-state index < -0.39 is 0 Å². The summed E-state index contributed by atoms with van der Waals surface area (Å²) in [7, 11) is 2.01. The standard InChI is InChI=1S/C11H13N/c1-8-5-4-6-11-10(8)7-9(2)12(11)3/h4-7H,1-3H3/i7T. The average molecular weight is 161 g/mol. The van der Waals surface area contributed by atoms with E-state index in [9.17, 15) is 0 Å². The van der Waals surface area contributed by atoms with Crippen molar-refractivity contribution in [2.24, 2.45) is 7.05 Å². The van der Waals surface area contributed by atoms with E-state index in [0.29, 0.717) is 6.04 Å². The minimum absolute atomic E-state index is 0.663. The summed E-state index contributed by atoms with van der Waals surface area (Å²) in [5, 5.41) is 1.09. The van der Waals surface area contributed by atoms with Crippen molar-refractivity contribution in [3.63, 3.8) is 0 Å². The third-order valence-electron chi connectivity index (χ3n) is 2.42. The quantitative estimate of drug-likeness (QED) is 0.560.